The zero-order chi connectivity index (χ0) is 12.1. The van der Waals surface area contributed by atoms with Gasteiger partial charge in [-0.2, -0.15) is 5.26 Å². The van der Waals surface area contributed by atoms with Gasteiger partial charge in [-0.15, -0.1) is 23.5 Å². The number of nitriles is 1. The van der Waals surface area contributed by atoms with Crippen molar-refractivity contribution < 1.29 is 4.79 Å². The number of ketones is 1. The van der Waals surface area contributed by atoms with Crippen LogP contribution in [0.3, 0.4) is 0 Å². The van der Waals surface area contributed by atoms with Gasteiger partial charge in [0.25, 0.3) is 0 Å². The lowest BCUT2D eigenvalue weighted by Crippen LogP contribution is -2.13. The number of unbranched alkanes of at least 4 members (excludes halogenated alkanes) is 1. The summed E-state index contributed by atoms with van der Waals surface area (Å²) in [5.41, 5.74) is 0. The third kappa shape index (κ3) is 3.66. The average molecular weight is 269 g/mol. The Labute approximate surface area is 112 Å². The minimum absolute atomic E-state index is 0.0118. The molecular weight excluding hydrogens is 250 g/mol. The maximum atomic E-state index is 11.6. The van der Waals surface area contributed by atoms with E-state index in [2.05, 4.69) is 29.6 Å². The molecule has 0 aromatic carbocycles. The van der Waals surface area contributed by atoms with E-state index in [1.54, 1.807) is 0 Å². The van der Waals surface area contributed by atoms with Gasteiger partial charge >= 0.3 is 0 Å². The highest BCUT2D eigenvalue weighted by Crippen LogP contribution is 2.36. The van der Waals surface area contributed by atoms with Gasteiger partial charge in [0, 0.05) is 23.8 Å². The van der Waals surface area contributed by atoms with Crippen molar-refractivity contribution in [3.63, 3.8) is 0 Å². The van der Waals surface area contributed by atoms with Crippen LogP contribution < -0.4 is 0 Å². The molecule has 94 valence electrons. The van der Waals surface area contributed by atoms with Crippen LogP contribution in [0.5, 0.6) is 0 Å². The Morgan fingerprint density at radius 3 is 2.65 bits per heavy atom. The highest BCUT2D eigenvalue weighted by atomic mass is 32.2. The second kappa shape index (κ2) is 6.70. The van der Waals surface area contributed by atoms with Gasteiger partial charge in [-0.05, 0) is 19.3 Å². The van der Waals surface area contributed by atoms with Crippen molar-refractivity contribution in [2.75, 3.05) is 11.5 Å². The minimum Gasteiger partial charge on any atom is -0.299 e. The molecule has 0 aromatic heterocycles. The predicted octanol–water partition coefficient (Wildman–Crippen LogP) is 3.47. The fourth-order valence-electron chi connectivity index (χ4n) is 2.67. The summed E-state index contributed by atoms with van der Waals surface area (Å²) in [5.74, 6) is 3.00. The van der Waals surface area contributed by atoms with Crippen molar-refractivity contribution in [3.05, 3.63) is 0 Å². The molecule has 1 saturated heterocycles. The summed E-state index contributed by atoms with van der Waals surface area (Å²) in [4.78, 5) is 11.6. The number of carbonyl (C=O) groups is 1. The Morgan fingerprint density at radius 1 is 1.24 bits per heavy atom. The summed E-state index contributed by atoms with van der Waals surface area (Å²) in [7, 11) is 0. The number of thioether (sulfide) groups is 2. The first-order chi connectivity index (χ1) is 8.31. The van der Waals surface area contributed by atoms with Crippen LogP contribution in [-0.2, 0) is 4.79 Å². The van der Waals surface area contributed by atoms with Crippen LogP contribution in [0.1, 0.15) is 38.5 Å². The number of rotatable bonds is 5. The molecule has 17 heavy (non-hydrogen) atoms. The summed E-state index contributed by atoms with van der Waals surface area (Å²) in [5, 5.41) is 8.97. The molecule has 2 unspecified atom stereocenters. The highest BCUT2D eigenvalue weighted by molar-refractivity contribution is 8.20. The molecule has 1 heterocycles. The molecule has 0 N–H and O–H groups in total. The van der Waals surface area contributed by atoms with Gasteiger partial charge in [-0.3, -0.25) is 4.79 Å². The van der Waals surface area contributed by atoms with Crippen molar-refractivity contribution in [3.8, 4) is 6.07 Å². The molecule has 1 aliphatic heterocycles. The van der Waals surface area contributed by atoms with Crippen molar-refractivity contribution in [1.29, 1.82) is 5.26 Å². The molecule has 1 aliphatic carbocycles. The van der Waals surface area contributed by atoms with E-state index in [4.69, 9.17) is 5.26 Å². The number of hydrogen-bond acceptors (Lipinski definition) is 4. The SMILES string of the molecule is N#CC1CCC(=O)C1CCCCC1SCCS1. The first-order valence-electron chi connectivity index (χ1n) is 6.47. The third-order valence-corrected chi connectivity index (χ3v) is 6.83. The summed E-state index contributed by atoms with van der Waals surface area (Å²) in [6.07, 6.45) is 5.98. The monoisotopic (exact) mass is 269 g/mol. The number of carbonyl (C=O) groups excluding carboxylic acids is 1. The number of hydrogen-bond donors (Lipinski definition) is 0. The predicted molar refractivity (Wildman–Crippen MR) is 74.0 cm³/mol. The molecule has 0 aromatic rings. The van der Waals surface area contributed by atoms with E-state index in [1.807, 2.05) is 0 Å². The maximum Gasteiger partial charge on any atom is 0.137 e. The van der Waals surface area contributed by atoms with Gasteiger partial charge in [-0.25, -0.2) is 0 Å². The van der Waals surface area contributed by atoms with E-state index in [1.165, 1.54) is 24.3 Å². The summed E-state index contributed by atoms with van der Waals surface area (Å²) in [6, 6.07) is 2.30. The molecular formula is C13H19NOS2. The van der Waals surface area contributed by atoms with Crippen LogP contribution in [0.4, 0.5) is 0 Å². The van der Waals surface area contributed by atoms with E-state index >= 15 is 0 Å². The Hall–Kier alpha value is -0.140. The topological polar surface area (TPSA) is 40.9 Å². The largest absolute Gasteiger partial charge is 0.299 e. The van der Waals surface area contributed by atoms with E-state index in [-0.39, 0.29) is 11.8 Å². The van der Waals surface area contributed by atoms with Gasteiger partial charge in [0.2, 0.25) is 0 Å². The molecule has 0 radical (unpaired) electrons. The molecule has 2 fully saturated rings. The van der Waals surface area contributed by atoms with Crippen LogP contribution in [0.2, 0.25) is 0 Å². The zero-order valence-electron chi connectivity index (χ0n) is 10.1. The van der Waals surface area contributed by atoms with Gasteiger partial charge in [0.15, 0.2) is 0 Å². The molecule has 2 atom stereocenters. The fraction of sp³-hybridized carbons (Fsp3) is 0.846. The Morgan fingerprint density at radius 2 is 1.94 bits per heavy atom. The van der Waals surface area contributed by atoms with Gasteiger partial charge in [0.1, 0.15) is 5.78 Å². The molecule has 0 spiro atoms. The summed E-state index contributed by atoms with van der Waals surface area (Å²) in [6.45, 7) is 0. The summed E-state index contributed by atoms with van der Waals surface area (Å²) < 4.78 is 0.793. The van der Waals surface area contributed by atoms with Crippen molar-refractivity contribution in [2.24, 2.45) is 11.8 Å². The second-order valence-electron chi connectivity index (χ2n) is 4.80. The molecule has 1 saturated carbocycles. The zero-order valence-corrected chi connectivity index (χ0v) is 11.7. The van der Waals surface area contributed by atoms with Crippen molar-refractivity contribution >= 4 is 29.3 Å². The first kappa shape index (κ1) is 13.3. The first-order valence-corrected chi connectivity index (χ1v) is 8.56. The van der Waals surface area contributed by atoms with Gasteiger partial charge < -0.3 is 0 Å². The number of Topliss-reactive ketones (excluding diaryl/α,β-unsaturated/α-hetero) is 1. The lowest BCUT2D eigenvalue weighted by molar-refractivity contribution is -0.121. The van der Waals surface area contributed by atoms with E-state index < -0.39 is 0 Å². The molecule has 0 amide bonds. The lowest BCUT2D eigenvalue weighted by Gasteiger charge is -2.12. The quantitative estimate of drug-likeness (QED) is 0.717. The van der Waals surface area contributed by atoms with Crippen molar-refractivity contribution in [1.82, 2.24) is 0 Å². The van der Waals surface area contributed by atoms with Crippen LogP contribution >= 0.6 is 23.5 Å². The highest BCUT2D eigenvalue weighted by Gasteiger charge is 2.33. The average Bonchev–Trinajstić information content (AvgIpc) is 2.95. The summed E-state index contributed by atoms with van der Waals surface area (Å²) >= 11 is 4.15. The number of nitrogens with zero attached hydrogens (tertiary/aromatic N) is 1. The standard InChI is InChI=1S/C13H19NOS2/c14-9-10-5-6-12(15)11(10)3-1-2-4-13-16-7-8-17-13/h10-11,13H,1-8H2. The van der Waals surface area contributed by atoms with Crippen LogP contribution in [-0.4, -0.2) is 21.9 Å². The Balaban J connectivity index is 1.64. The van der Waals surface area contributed by atoms with Crippen LogP contribution in [0.15, 0.2) is 0 Å². The fourth-order valence-corrected chi connectivity index (χ4v) is 5.60. The van der Waals surface area contributed by atoms with E-state index in [0.29, 0.717) is 12.2 Å². The third-order valence-electron chi connectivity index (χ3n) is 3.66. The maximum absolute atomic E-state index is 11.6. The Bertz CT molecular complexity index is 307. The van der Waals surface area contributed by atoms with E-state index in [0.717, 1.165) is 23.8 Å². The molecule has 4 heteroatoms. The second-order valence-corrected chi connectivity index (χ2v) is 7.72. The normalized spacial score (nSPS) is 29.7. The van der Waals surface area contributed by atoms with Crippen LogP contribution in [0.25, 0.3) is 0 Å². The van der Waals surface area contributed by atoms with Crippen LogP contribution in [0, 0.1) is 23.2 Å². The lowest BCUT2D eigenvalue weighted by atomic mass is 9.91. The van der Waals surface area contributed by atoms with Crippen molar-refractivity contribution in [2.45, 2.75) is 43.1 Å². The molecule has 2 aliphatic rings. The Kier molecular flexibility index (Phi) is 5.24. The van der Waals surface area contributed by atoms with Gasteiger partial charge in [0.05, 0.1) is 16.6 Å². The van der Waals surface area contributed by atoms with Gasteiger partial charge in [-0.1, -0.05) is 12.8 Å². The molecule has 2 rings (SSSR count). The molecule has 0 bridgehead atoms. The molecule has 2 nitrogen and oxygen atoms in total. The smallest absolute Gasteiger partial charge is 0.137 e. The van der Waals surface area contributed by atoms with E-state index in [9.17, 15) is 4.79 Å². The minimum atomic E-state index is 0.0118.